The first-order valence-electron chi connectivity index (χ1n) is 6.93. The van der Waals surface area contributed by atoms with Crippen LogP contribution in [0.3, 0.4) is 0 Å². The second-order valence-electron chi connectivity index (χ2n) is 5.16. The number of ether oxygens (including phenoxy) is 2. The molecule has 0 unspecified atom stereocenters. The Hall–Kier alpha value is -1.95. The molecule has 0 saturated carbocycles. The first kappa shape index (κ1) is 13.1. The van der Waals surface area contributed by atoms with E-state index in [0.29, 0.717) is 17.5 Å². The Morgan fingerprint density at radius 1 is 1.35 bits per heavy atom. The Morgan fingerprint density at radius 2 is 2.15 bits per heavy atom. The van der Waals surface area contributed by atoms with Crippen molar-refractivity contribution in [3.63, 3.8) is 0 Å². The number of nitrogen functional groups attached to an aromatic ring is 1. The highest BCUT2D eigenvalue weighted by molar-refractivity contribution is 5.95. The molecule has 0 radical (unpaired) electrons. The highest BCUT2D eigenvalue weighted by Gasteiger charge is 2.15. The molecule has 6 heteroatoms. The smallest absolute Gasteiger partial charge is 0.156 e. The molecule has 1 aliphatic rings. The molecule has 108 valence electrons. The minimum atomic E-state index is 0.446. The molecule has 4 N–H and O–H groups in total. The molecule has 0 spiro atoms. The number of hydrogen-bond donors (Lipinski definition) is 3. The van der Waals surface area contributed by atoms with Gasteiger partial charge < -0.3 is 20.5 Å². The average Bonchev–Trinajstić information content (AvgIpc) is 2.87. The number of fused-ring (bicyclic) bond motifs is 1. The van der Waals surface area contributed by atoms with Gasteiger partial charge in [-0.2, -0.15) is 5.10 Å². The van der Waals surface area contributed by atoms with Crippen LogP contribution in [0.5, 0.6) is 11.5 Å². The lowest BCUT2D eigenvalue weighted by Gasteiger charge is -2.22. The quantitative estimate of drug-likeness (QED) is 0.788. The van der Waals surface area contributed by atoms with Gasteiger partial charge in [-0.05, 0) is 31.8 Å². The molecule has 3 rings (SSSR count). The standard InChI is InChI=1S/C14H20N4O2/c1-19-12-7-10(6-11-13(12)14(15)18-17-11)20-8-9-2-4-16-5-3-9/h6-7,9,16H,2-5,8H2,1H3,(H3,15,17,18). The number of aromatic amines is 1. The first-order valence-corrected chi connectivity index (χ1v) is 6.93. The number of nitrogens with two attached hydrogens (primary N) is 1. The molecule has 1 fully saturated rings. The summed E-state index contributed by atoms with van der Waals surface area (Å²) in [6.07, 6.45) is 2.33. The van der Waals surface area contributed by atoms with E-state index in [4.69, 9.17) is 15.2 Å². The van der Waals surface area contributed by atoms with Crippen LogP contribution in [-0.2, 0) is 0 Å². The van der Waals surface area contributed by atoms with Gasteiger partial charge in [-0.25, -0.2) is 0 Å². The number of H-pyrrole nitrogens is 1. The van der Waals surface area contributed by atoms with Crippen LogP contribution in [0.15, 0.2) is 12.1 Å². The van der Waals surface area contributed by atoms with Gasteiger partial charge >= 0.3 is 0 Å². The van der Waals surface area contributed by atoms with E-state index in [2.05, 4.69) is 15.5 Å². The topological polar surface area (TPSA) is 85.2 Å². The summed E-state index contributed by atoms with van der Waals surface area (Å²) in [4.78, 5) is 0. The Bertz CT molecular complexity index is 590. The zero-order chi connectivity index (χ0) is 13.9. The van der Waals surface area contributed by atoms with Crippen molar-refractivity contribution in [3.8, 4) is 11.5 Å². The Morgan fingerprint density at radius 3 is 2.90 bits per heavy atom. The van der Waals surface area contributed by atoms with Gasteiger partial charge in [-0.15, -0.1) is 0 Å². The lowest BCUT2D eigenvalue weighted by Crippen LogP contribution is -2.30. The number of hydrogen-bond acceptors (Lipinski definition) is 5. The maximum absolute atomic E-state index is 5.91. The molecular formula is C14H20N4O2. The number of rotatable bonds is 4. The number of nitrogens with zero attached hydrogens (tertiary/aromatic N) is 1. The lowest BCUT2D eigenvalue weighted by atomic mass is 9.99. The van der Waals surface area contributed by atoms with Gasteiger partial charge in [0.05, 0.1) is 24.6 Å². The van der Waals surface area contributed by atoms with Crippen LogP contribution in [0.2, 0.25) is 0 Å². The third-order valence-electron chi connectivity index (χ3n) is 3.79. The van der Waals surface area contributed by atoms with Crippen LogP contribution in [0, 0.1) is 5.92 Å². The molecule has 1 aliphatic heterocycles. The summed E-state index contributed by atoms with van der Waals surface area (Å²) in [6.45, 7) is 2.89. The number of nitrogens with one attached hydrogen (secondary N) is 2. The van der Waals surface area contributed by atoms with E-state index in [1.807, 2.05) is 12.1 Å². The third-order valence-corrected chi connectivity index (χ3v) is 3.79. The van der Waals surface area contributed by atoms with Crippen molar-refractivity contribution in [2.24, 2.45) is 5.92 Å². The SMILES string of the molecule is COc1cc(OCC2CCNCC2)cc2[nH]nc(N)c12. The van der Waals surface area contributed by atoms with Crippen molar-refractivity contribution in [3.05, 3.63) is 12.1 Å². The van der Waals surface area contributed by atoms with E-state index in [1.165, 1.54) is 0 Å². The summed E-state index contributed by atoms with van der Waals surface area (Å²) < 4.78 is 11.3. The summed E-state index contributed by atoms with van der Waals surface area (Å²) in [5.41, 5.74) is 6.66. The van der Waals surface area contributed by atoms with E-state index in [1.54, 1.807) is 7.11 Å². The van der Waals surface area contributed by atoms with Gasteiger partial charge in [0.1, 0.15) is 11.5 Å². The second-order valence-corrected chi connectivity index (χ2v) is 5.16. The number of aromatic nitrogens is 2. The van der Waals surface area contributed by atoms with Gasteiger partial charge in [0.15, 0.2) is 5.82 Å². The molecule has 2 aromatic rings. The van der Waals surface area contributed by atoms with Gasteiger partial charge in [0.2, 0.25) is 0 Å². The van der Waals surface area contributed by atoms with Gasteiger partial charge in [-0.3, -0.25) is 5.10 Å². The molecule has 0 atom stereocenters. The van der Waals surface area contributed by atoms with Crippen LogP contribution in [0.4, 0.5) is 5.82 Å². The monoisotopic (exact) mass is 276 g/mol. The molecule has 1 aromatic heterocycles. The van der Waals surface area contributed by atoms with Crippen molar-refractivity contribution >= 4 is 16.7 Å². The first-order chi connectivity index (χ1) is 9.78. The van der Waals surface area contributed by atoms with Crippen molar-refractivity contribution in [2.75, 3.05) is 32.5 Å². The van der Waals surface area contributed by atoms with E-state index < -0.39 is 0 Å². The molecule has 0 aliphatic carbocycles. The number of methoxy groups -OCH3 is 1. The summed E-state index contributed by atoms with van der Waals surface area (Å²) in [6, 6.07) is 3.79. The van der Waals surface area contributed by atoms with E-state index in [9.17, 15) is 0 Å². The highest BCUT2D eigenvalue weighted by Crippen LogP contribution is 2.33. The van der Waals surface area contributed by atoms with Crippen LogP contribution < -0.4 is 20.5 Å². The number of anilines is 1. The molecular weight excluding hydrogens is 256 g/mol. The highest BCUT2D eigenvalue weighted by atomic mass is 16.5. The molecule has 2 heterocycles. The van der Waals surface area contributed by atoms with Crippen LogP contribution in [0.25, 0.3) is 10.9 Å². The average molecular weight is 276 g/mol. The van der Waals surface area contributed by atoms with Crippen molar-refractivity contribution in [2.45, 2.75) is 12.8 Å². The van der Waals surface area contributed by atoms with Gasteiger partial charge in [0.25, 0.3) is 0 Å². The lowest BCUT2D eigenvalue weighted by molar-refractivity contribution is 0.215. The van der Waals surface area contributed by atoms with Crippen LogP contribution in [-0.4, -0.2) is 37.0 Å². The predicted octanol–water partition coefficient (Wildman–Crippen LogP) is 1.53. The molecule has 1 aromatic carbocycles. The summed E-state index contributed by atoms with van der Waals surface area (Å²) >= 11 is 0. The zero-order valence-electron chi connectivity index (χ0n) is 11.6. The largest absolute Gasteiger partial charge is 0.496 e. The number of piperidine rings is 1. The van der Waals surface area contributed by atoms with Crippen LogP contribution in [0.1, 0.15) is 12.8 Å². The Labute approximate surface area is 117 Å². The molecule has 6 nitrogen and oxygen atoms in total. The van der Waals surface area contributed by atoms with E-state index in [-0.39, 0.29) is 0 Å². The molecule has 20 heavy (non-hydrogen) atoms. The number of benzene rings is 1. The zero-order valence-corrected chi connectivity index (χ0v) is 11.6. The fourth-order valence-electron chi connectivity index (χ4n) is 2.63. The van der Waals surface area contributed by atoms with Gasteiger partial charge in [0, 0.05) is 12.1 Å². The van der Waals surface area contributed by atoms with Crippen LogP contribution >= 0.6 is 0 Å². The summed E-state index contributed by atoms with van der Waals surface area (Å²) in [5, 5.41) is 11.1. The Kier molecular flexibility index (Phi) is 3.64. The normalized spacial score (nSPS) is 16.4. The fraction of sp³-hybridized carbons (Fsp3) is 0.500. The molecule has 0 bridgehead atoms. The molecule has 1 saturated heterocycles. The summed E-state index contributed by atoms with van der Waals surface area (Å²) in [7, 11) is 1.62. The molecule has 0 amide bonds. The van der Waals surface area contributed by atoms with Crippen molar-refractivity contribution < 1.29 is 9.47 Å². The van der Waals surface area contributed by atoms with Gasteiger partial charge in [-0.1, -0.05) is 0 Å². The summed E-state index contributed by atoms with van der Waals surface area (Å²) in [5.74, 6) is 2.54. The maximum Gasteiger partial charge on any atom is 0.156 e. The minimum absolute atomic E-state index is 0.446. The minimum Gasteiger partial charge on any atom is -0.496 e. The second kappa shape index (κ2) is 5.58. The van der Waals surface area contributed by atoms with Crippen molar-refractivity contribution in [1.29, 1.82) is 0 Å². The Balaban J connectivity index is 1.77. The van der Waals surface area contributed by atoms with E-state index >= 15 is 0 Å². The third kappa shape index (κ3) is 2.51. The van der Waals surface area contributed by atoms with Crippen molar-refractivity contribution in [1.82, 2.24) is 15.5 Å². The maximum atomic E-state index is 5.91. The fourth-order valence-corrected chi connectivity index (χ4v) is 2.63. The van der Waals surface area contributed by atoms with E-state index in [0.717, 1.165) is 49.2 Å². The predicted molar refractivity (Wildman–Crippen MR) is 78.1 cm³/mol.